The third-order valence-corrected chi connectivity index (χ3v) is 4.24. The highest BCUT2D eigenvalue weighted by Gasteiger charge is 2.19. The molecule has 1 aliphatic rings. The van der Waals surface area contributed by atoms with Crippen LogP contribution in [0.15, 0.2) is 29.8 Å². The van der Waals surface area contributed by atoms with Crippen LogP contribution in [-0.4, -0.2) is 57.8 Å². The van der Waals surface area contributed by atoms with E-state index in [0.29, 0.717) is 6.54 Å². The molecule has 0 saturated carbocycles. The van der Waals surface area contributed by atoms with Crippen molar-refractivity contribution < 1.29 is 9.47 Å². The number of benzene rings is 1. The van der Waals surface area contributed by atoms with Crippen LogP contribution < -0.4 is 20.1 Å². The van der Waals surface area contributed by atoms with Gasteiger partial charge in [0.15, 0.2) is 17.5 Å². The molecule has 0 bridgehead atoms. The van der Waals surface area contributed by atoms with Gasteiger partial charge in [-0.1, -0.05) is 6.08 Å². The average molecular weight is 346 g/mol. The van der Waals surface area contributed by atoms with Gasteiger partial charge in [-0.2, -0.15) is 0 Å². The molecule has 1 aromatic carbocycles. The van der Waals surface area contributed by atoms with Crippen molar-refractivity contribution in [1.29, 1.82) is 0 Å². The standard InChI is InChI=1S/C19H30N4O2/c1-5-8-21-19(20-6-2)22-9-11-23-10-7-15-12-17(24-3)18(25-4)13-16(15)14-23/h5,12-13H,1,6-11,14H2,2-4H3,(H2,20,21,22). The van der Waals surface area contributed by atoms with E-state index in [1.54, 1.807) is 14.2 Å². The summed E-state index contributed by atoms with van der Waals surface area (Å²) in [6.07, 6.45) is 2.85. The summed E-state index contributed by atoms with van der Waals surface area (Å²) in [6.45, 7) is 11.0. The maximum absolute atomic E-state index is 5.42. The van der Waals surface area contributed by atoms with E-state index in [1.165, 1.54) is 11.1 Å². The monoisotopic (exact) mass is 346 g/mol. The lowest BCUT2D eigenvalue weighted by atomic mass is 9.99. The molecule has 0 saturated heterocycles. The average Bonchev–Trinajstić information content (AvgIpc) is 2.64. The lowest BCUT2D eigenvalue weighted by Crippen LogP contribution is -2.38. The number of fused-ring (bicyclic) bond motifs is 1. The molecule has 0 unspecified atom stereocenters. The third-order valence-electron chi connectivity index (χ3n) is 4.24. The summed E-state index contributed by atoms with van der Waals surface area (Å²) in [5.41, 5.74) is 2.66. The van der Waals surface area contributed by atoms with Crippen LogP contribution in [0, 0.1) is 0 Å². The molecular weight excluding hydrogens is 316 g/mol. The van der Waals surface area contributed by atoms with Gasteiger partial charge in [-0.25, -0.2) is 0 Å². The summed E-state index contributed by atoms with van der Waals surface area (Å²) in [4.78, 5) is 7.05. The van der Waals surface area contributed by atoms with E-state index in [9.17, 15) is 0 Å². The Morgan fingerprint density at radius 2 is 1.96 bits per heavy atom. The minimum atomic E-state index is 0.713. The fourth-order valence-corrected chi connectivity index (χ4v) is 2.95. The Balaban J connectivity index is 1.94. The van der Waals surface area contributed by atoms with Crippen molar-refractivity contribution in [3.05, 3.63) is 35.9 Å². The van der Waals surface area contributed by atoms with Gasteiger partial charge in [-0.3, -0.25) is 9.89 Å². The molecule has 0 amide bonds. The first-order valence-corrected chi connectivity index (χ1v) is 8.81. The number of nitrogens with one attached hydrogen (secondary N) is 2. The number of aliphatic imine (C=N–C) groups is 1. The number of hydrogen-bond donors (Lipinski definition) is 2. The summed E-state index contributed by atoms with van der Waals surface area (Å²) in [6, 6.07) is 4.20. The van der Waals surface area contributed by atoms with Crippen molar-refractivity contribution in [2.24, 2.45) is 4.99 Å². The number of nitrogens with zero attached hydrogens (tertiary/aromatic N) is 2. The molecule has 0 fully saturated rings. The van der Waals surface area contributed by atoms with E-state index < -0.39 is 0 Å². The molecule has 138 valence electrons. The second-order valence-corrected chi connectivity index (χ2v) is 5.93. The fourth-order valence-electron chi connectivity index (χ4n) is 2.95. The van der Waals surface area contributed by atoms with Crippen molar-refractivity contribution in [3.63, 3.8) is 0 Å². The lowest BCUT2D eigenvalue weighted by Gasteiger charge is -2.29. The number of methoxy groups -OCH3 is 2. The summed E-state index contributed by atoms with van der Waals surface area (Å²) >= 11 is 0. The summed E-state index contributed by atoms with van der Waals surface area (Å²) in [7, 11) is 3.36. The van der Waals surface area contributed by atoms with Crippen LogP contribution in [0.25, 0.3) is 0 Å². The van der Waals surface area contributed by atoms with Gasteiger partial charge in [-0.05, 0) is 36.6 Å². The largest absolute Gasteiger partial charge is 0.493 e. The first-order chi connectivity index (χ1) is 12.2. The number of ether oxygens (including phenoxy) is 2. The van der Waals surface area contributed by atoms with Crippen LogP contribution in [-0.2, 0) is 13.0 Å². The maximum Gasteiger partial charge on any atom is 0.191 e. The Kier molecular flexibility index (Phi) is 7.60. The van der Waals surface area contributed by atoms with Crippen molar-refractivity contribution in [2.45, 2.75) is 19.9 Å². The van der Waals surface area contributed by atoms with Crippen LogP contribution in [0.2, 0.25) is 0 Å². The number of hydrogen-bond acceptors (Lipinski definition) is 4. The molecule has 0 radical (unpaired) electrons. The molecule has 6 heteroatoms. The SMILES string of the molecule is C=CCNC(=NCCN1CCc2cc(OC)c(OC)cc2C1)NCC. The van der Waals surface area contributed by atoms with Crippen molar-refractivity contribution in [1.82, 2.24) is 15.5 Å². The molecule has 6 nitrogen and oxygen atoms in total. The van der Waals surface area contributed by atoms with Gasteiger partial charge in [0.1, 0.15) is 0 Å². The normalized spacial score (nSPS) is 14.6. The Morgan fingerprint density at radius 3 is 2.60 bits per heavy atom. The summed E-state index contributed by atoms with van der Waals surface area (Å²) < 4.78 is 10.8. The molecule has 1 heterocycles. The number of guanidine groups is 1. The van der Waals surface area contributed by atoms with Crippen molar-refractivity contribution >= 4 is 5.96 Å². The maximum atomic E-state index is 5.42. The molecule has 0 atom stereocenters. The van der Waals surface area contributed by atoms with E-state index in [4.69, 9.17) is 9.47 Å². The topological polar surface area (TPSA) is 58.1 Å². The van der Waals surface area contributed by atoms with E-state index >= 15 is 0 Å². The quantitative estimate of drug-likeness (QED) is 0.427. The highest BCUT2D eigenvalue weighted by atomic mass is 16.5. The molecule has 1 aliphatic heterocycles. The van der Waals surface area contributed by atoms with E-state index in [1.807, 2.05) is 6.08 Å². The summed E-state index contributed by atoms with van der Waals surface area (Å²) in [5.74, 6) is 2.44. The molecule has 25 heavy (non-hydrogen) atoms. The van der Waals surface area contributed by atoms with Gasteiger partial charge in [-0.15, -0.1) is 6.58 Å². The molecular formula is C19H30N4O2. The Labute approximate surface area is 150 Å². The Morgan fingerprint density at radius 1 is 1.24 bits per heavy atom. The summed E-state index contributed by atoms with van der Waals surface area (Å²) in [5, 5.41) is 6.46. The van der Waals surface area contributed by atoms with Crippen molar-refractivity contribution in [2.75, 3.05) is 46.9 Å². The molecule has 2 N–H and O–H groups in total. The third kappa shape index (κ3) is 5.39. The molecule has 2 rings (SSSR count). The van der Waals surface area contributed by atoms with Gasteiger partial charge in [0, 0.05) is 32.7 Å². The van der Waals surface area contributed by atoms with Gasteiger partial charge in [0.25, 0.3) is 0 Å². The lowest BCUT2D eigenvalue weighted by molar-refractivity contribution is 0.260. The van der Waals surface area contributed by atoms with Crippen molar-refractivity contribution in [3.8, 4) is 11.5 Å². The highest BCUT2D eigenvalue weighted by molar-refractivity contribution is 5.79. The minimum absolute atomic E-state index is 0.713. The number of rotatable bonds is 8. The van der Waals surface area contributed by atoms with Gasteiger partial charge < -0.3 is 20.1 Å². The van der Waals surface area contributed by atoms with Gasteiger partial charge in [0.2, 0.25) is 0 Å². The fraction of sp³-hybridized carbons (Fsp3) is 0.526. The van der Waals surface area contributed by atoms with Gasteiger partial charge >= 0.3 is 0 Å². The van der Waals surface area contributed by atoms with E-state index in [2.05, 4.69) is 46.2 Å². The predicted molar refractivity (Wildman–Crippen MR) is 103 cm³/mol. The zero-order valence-corrected chi connectivity index (χ0v) is 15.6. The zero-order valence-electron chi connectivity index (χ0n) is 15.6. The molecule has 0 spiro atoms. The highest BCUT2D eigenvalue weighted by Crippen LogP contribution is 2.33. The van der Waals surface area contributed by atoms with Crippen LogP contribution in [0.1, 0.15) is 18.1 Å². The van der Waals surface area contributed by atoms with Crippen LogP contribution in [0.4, 0.5) is 0 Å². The first-order valence-electron chi connectivity index (χ1n) is 8.81. The predicted octanol–water partition coefficient (Wildman–Crippen LogP) is 1.80. The molecule has 0 aliphatic carbocycles. The van der Waals surface area contributed by atoms with Crippen LogP contribution >= 0.6 is 0 Å². The Hall–Kier alpha value is -2.21. The first kappa shape index (κ1) is 19.1. The molecule has 0 aromatic heterocycles. The smallest absolute Gasteiger partial charge is 0.191 e. The Bertz CT molecular complexity index is 601. The van der Waals surface area contributed by atoms with E-state index in [0.717, 1.165) is 56.6 Å². The minimum Gasteiger partial charge on any atom is -0.493 e. The van der Waals surface area contributed by atoms with E-state index in [-0.39, 0.29) is 0 Å². The van der Waals surface area contributed by atoms with Crippen LogP contribution in [0.3, 0.4) is 0 Å². The zero-order chi connectivity index (χ0) is 18.1. The van der Waals surface area contributed by atoms with Crippen LogP contribution in [0.5, 0.6) is 11.5 Å². The second kappa shape index (κ2) is 9.93. The second-order valence-electron chi connectivity index (χ2n) is 5.93. The molecule has 1 aromatic rings. The van der Waals surface area contributed by atoms with Gasteiger partial charge in [0.05, 0.1) is 20.8 Å².